The fourth-order valence-corrected chi connectivity index (χ4v) is 3.17. The van der Waals surface area contributed by atoms with Crippen molar-refractivity contribution in [3.63, 3.8) is 0 Å². The van der Waals surface area contributed by atoms with Crippen LogP contribution in [0.2, 0.25) is 5.02 Å². The molecule has 0 bridgehead atoms. The minimum atomic E-state index is -0.0891. The van der Waals surface area contributed by atoms with Crippen molar-refractivity contribution in [2.24, 2.45) is 0 Å². The van der Waals surface area contributed by atoms with Gasteiger partial charge in [-0.1, -0.05) is 11.6 Å². The summed E-state index contributed by atoms with van der Waals surface area (Å²) in [7, 11) is 0. The molecule has 3 rings (SSSR count). The first kappa shape index (κ1) is 19.2. The summed E-state index contributed by atoms with van der Waals surface area (Å²) in [5.74, 6) is 0.487. The third-order valence-corrected chi connectivity index (χ3v) is 5.20. The Hall–Kier alpha value is -2.60. The number of aryl methyl sites for hydroxylation is 2. The Morgan fingerprint density at radius 1 is 1.11 bits per heavy atom. The normalized spacial score (nSPS) is 14.2. The minimum Gasteiger partial charge on any atom is -0.484 e. The molecule has 1 aromatic carbocycles. The number of carbonyl (C=O) groups excluding carboxylic acids is 2. The van der Waals surface area contributed by atoms with Gasteiger partial charge in [-0.2, -0.15) is 0 Å². The van der Waals surface area contributed by atoms with E-state index in [2.05, 4.69) is 4.98 Å². The van der Waals surface area contributed by atoms with Crippen LogP contribution in [0.4, 0.5) is 0 Å². The van der Waals surface area contributed by atoms with Gasteiger partial charge in [-0.3, -0.25) is 14.6 Å². The lowest BCUT2D eigenvalue weighted by atomic mass is 10.1. The summed E-state index contributed by atoms with van der Waals surface area (Å²) in [5, 5.41) is 0.711. The Morgan fingerprint density at radius 2 is 1.74 bits per heavy atom. The van der Waals surface area contributed by atoms with Gasteiger partial charge in [0, 0.05) is 43.6 Å². The van der Waals surface area contributed by atoms with Crippen LogP contribution < -0.4 is 4.74 Å². The lowest BCUT2D eigenvalue weighted by Gasteiger charge is -2.34. The lowest BCUT2D eigenvalue weighted by molar-refractivity contribution is -0.134. The molecular weight excluding hydrogens is 366 g/mol. The number of carbonyl (C=O) groups is 2. The Balaban J connectivity index is 1.51. The van der Waals surface area contributed by atoms with Gasteiger partial charge in [0.25, 0.3) is 11.8 Å². The maximum atomic E-state index is 12.4. The van der Waals surface area contributed by atoms with Crippen molar-refractivity contribution in [2.75, 3.05) is 32.8 Å². The van der Waals surface area contributed by atoms with E-state index in [-0.39, 0.29) is 18.4 Å². The van der Waals surface area contributed by atoms with Crippen LogP contribution in [0.1, 0.15) is 21.5 Å². The van der Waals surface area contributed by atoms with Crippen molar-refractivity contribution in [2.45, 2.75) is 13.8 Å². The van der Waals surface area contributed by atoms with Gasteiger partial charge < -0.3 is 14.5 Å². The second-order valence-corrected chi connectivity index (χ2v) is 6.95. The summed E-state index contributed by atoms with van der Waals surface area (Å²) in [5.41, 5.74) is 2.40. The van der Waals surface area contributed by atoms with Gasteiger partial charge in [-0.05, 0) is 49.2 Å². The molecule has 27 heavy (non-hydrogen) atoms. The second kappa shape index (κ2) is 8.39. The van der Waals surface area contributed by atoms with E-state index in [1.54, 1.807) is 34.3 Å². The second-order valence-electron chi connectivity index (χ2n) is 6.57. The summed E-state index contributed by atoms with van der Waals surface area (Å²) in [4.78, 5) is 32.3. The zero-order chi connectivity index (χ0) is 19.4. The van der Waals surface area contributed by atoms with Gasteiger partial charge in [0.1, 0.15) is 5.75 Å². The quantitative estimate of drug-likeness (QED) is 0.809. The smallest absolute Gasteiger partial charge is 0.260 e. The number of ether oxygens (including phenoxy) is 1. The van der Waals surface area contributed by atoms with Crippen LogP contribution in [0.5, 0.6) is 5.75 Å². The fraction of sp³-hybridized carbons (Fsp3) is 0.350. The van der Waals surface area contributed by atoms with E-state index in [0.29, 0.717) is 42.5 Å². The van der Waals surface area contributed by atoms with E-state index in [4.69, 9.17) is 16.3 Å². The number of benzene rings is 1. The topological polar surface area (TPSA) is 62.7 Å². The highest BCUT2D eigenvalue weighted by atomic mass is 35.5. The van der Waals surface area contributed by atoms with Crippen LogP contribution in [0.25, 0.3) is 0 Å². The summed E-state index contributed by atoms with van der Waals surface area (Å²) in [6, 6.07) is 7.14. The third-order valence-electron chi connectivity index (χ3n) is 4.60. The molecule has 142 valence electrons. The molecule has 1 aliphatic heterocycles. The van der Waals surface area contributed by atoms with E-state index in [0.717, 1.165) is 11.1 Å². The number of pyridine rings is 1. The highest BCUT2D eigenvalue weighted by Crippen LogP contribution is 2.25. The van der Waals surface area contributed by atoms with Crippen LogP contribution in [0.15, 0.2) is 36.7 Å². The molecule has 1 fully saturated rings. The van der Waals surface area contributed by atoms with Crippen molar-refractivity contribution in [3.05, 3.63) is 58.4 Å². The number of hydrogen-bond acceptors (Lipinski definition) is 4. The van der Waals surface area contributed by atoms with E-state index in [1.807, 2.05) is 26.0 Å². The van der Waals surface area contributed by atoms with Gasteiger partial charge in [-0.15, -0.1) is 0 Å². The summed E-state index contributed by atoms with van der Waals surface area (Å²) in [6.07, 6.45) is 3.20. The van der Waals surface area contributed by atoms with Gasteiger partial charge in [0.05, 0.1) is 5.56 Å². The van der Waals surface area contributed by atoms with Crippen LogP contribution in [-0.2, 0) is 4.79 Å². The predicted molar refractivity (Wildman–Crippen MR) is 103 cm³/mol. The van der Waals surface area contributed by atoms with Crippen molar-refractivity contribution in [1.82, 2.24) is 14.8 Å². The molecule has 1 saturated heterocycles. The predicted octanol–water partition coefficient (Wildman–Crippen LogP) is 2.72. The highest BCUT2D eigenvalue weighted by molar-refractivity contribution is 6.32. The molecule has 2 aromatic rings. The first-order valence-electron chi connectivity index (χ1n) is 8.82. The third kappa shape index (κ3) is 4.57. The van der Waals surface area contributed by atoms with E-state index >= 15 is 0 Å². The standard InChI is InChI=1S/C20H22ClN3O3/c1-14-10-17(11-15(2)19(14)21)27-13-18(25)23-6-8-24(9-7-23)20(26)16-4-3-5-22-12-16/h3-5,10-12H,6-9,13H2,1-2H3. The van der Waals surface area contributed by atoms with Crippen LogP contribution in [-0.4, -0.2) is 59.4 Å². The zero-order valence-electron chi connectivity index (χ0n) is 15.4. The molecule has 2 amide bonds. The van der Waals surface area contributed by atoms with Gasteiger partial charge in [0.15, 0.2) is 6.61 Å². The van der Waals surface area contributed by atoms with Gasteiger partial charge >= 0.3 is 0 Å². The first-order chi connectivity index (χ1) is 13.0. The molecule has 1 aliphatic rings. The van der Waals surface area contributed by atoms with Crippen LogP contribution in [0, 0.1) is 13.8 Å². The Labute approximate surface area is 163 Å². The number of aromatic nitrogens is 1. The van der Waals surface area contributed by atoms with Crippen molar-refractivity contribution < 1.29 is 14.3 Å². The number of piperazine rings is 1. The molecule has 0 aliphatic carbocycles. The van der Waals surface area contributed by atoms with Crippen LogP contribution >= 0.6 is 11.6 Å². The molecule has 0 spiro atoms. The molecule has 0 radical (unpaired) electrons. The average molecular weight is 388 g/mol. The molecule has 1 aromatic heterocycles. The molecule has 0 atom stereocenters. The van der Waals surface area contributed by atoms with Crippen molar-refractivity contribution in [1.29, 1.82) is 0 Å². The molecular formula is C20H22ClN3O3. The maximum absolute atomic E-state index is 12.4. The maximum Gasteiger partial charge on any atom is 0.260 e. The number of halogens is 1. The Kier molecular flexibility index (Phi) is 5.96. The molecule has 2 heterocycles. The fourth-order valence-electron chi connectivity index (χ4n) is 3.06. The molecule has 0 saturated carbocycles. The number of rotatable bonds is 4. The first-order valence-corrected chi connectivity index (χ1v) is 9.20. The van der Waals surface area contributed by atoms with E-state index in [9.17, 15) is 9.59 Å². The monoisotopic (exact) mass is 387 g/mol. The SMILES string of the molecule is Cc1cc(OCC(=O)N2CCN(C(=O)c3cccnc3)CC2)cc(C)c1Cl. The number of amides is 2. The average Bonchev–Trinajstić information content (AvgIpc) is 2.70. The summed E-state index contributed by atoms with van der Waals surface area (Å²) in [6.45, 7) is 5.76. The number of nitrogens with zero attached hydrogens (tertiary/aromatic N) is 3. The zero-order valence-corrected chi connectivity index (χ0v) is 16.2. The largest absolute Gasteiger partial charge is 0.484 e. The Morgan fingerprint density at radius 3 is 2.33 bits per heavy atom. The number of hydrogen-bond donors (Lipinski definition) is 0. The van der Waals surface area contributed by atoms with E-state index < -0.39 is 0 Å². The lowest BCUT2D eigenvalue weighted by Crippen LogP contribution is -2.51. The van der Waals surface area contributed by atoms with Crippen LogP contribution in [0.3, 0.4) is 0 Å². The van der Waals surface area contributed by atoms with Crippen molar-refractivity contribution in [3.8, 4) is 5.75 Å². The van der Waals surface area contributed by atoms with E-state index in [1.165, 1.54) is 0 Å². The molecule has 0 N–H and O–H groups in total. The van der Waals surface area contributed by atoms with Gasteiger partial charge in [0.2, 0.25) is 0 Å². The molecule has 6 nitrogen and oxygen atoms in total. The molecule has 0 unspecified atom stereocenters. The molecule has 7 heteroatoms. The van der Waals surface area contributed by atoms with Crippen molar-refractivity contribution >= 4 is 23.4 Å². The Bertz CT molecular complexity index is 811. The van der Waals surface area contributed by atoms with Gasteiger partial charge in [-0.25, -0.2) is 0 Å². The summed E-state index contributed by atoms with van der Waals surface area (Å²) >= 11 is 6.15. The summed E-state index contributed by atoms with van der Waals surface area (Å²) < 4.78 is 5.64. The highest BCUT2D eigenvalue weighted by Gasteiger charge is 2.25. The minimum absolute atomic E-state index is 0.0307.